The lowest BCUT2D eigenvalue weighted by atomic mass is 10.00. The fraction of sp³-hybridized carbons (Fsp3) is 0.632. The molecule has 0 bridgehead atoms. The first-order valence-corrected chi connectivity index (χ1v) is 8.96. The molecule has 0 saturated carbocycles. The number of hydrogen-bond donors (Lipinski definition) is 2. The third-order valence-corrected chi connectivity index (χ3v) is 4.59. The number of benzene rings is 1. The second-order valence-electron chi connectivity index (χ2n) is 6.95. The zero-order valence-corrected chi connectivity index (χ0v) is 14.9. The molecule has 2 atom stereocenters. The van der Waals surface area contributed by atoms with Gasteiger partial charge in [-0.3, -0.25) is 0 Å². The molecule has 2 unspecified atom stereocenters. The van der Waals surface area contributed by atoms with Crippen molar-refractivity contribution in [3.8, 4) is 0 Å². The molecule has 1 fully saturated rings. The van der Waals surface area contributed by atoms with Crippen LogP contribution in [-0.4, -0.2) is 66.8 Å². The van der Waals surface area contributed by atoms with Crippen LogP contribution in [0, 0.1) is 0 Å². The van der Waals surface area contributed by atoms with E-state index in [0.29, 0.717) is 6.42 Å². The minimum absolute atomic E-state index is 0.0101. The predicted octanol–water partition coefficient (Wildman–Crippen LogP) is 2.11. The first kappa shape index (κ1) is 18.7. The van der Waals surface area contributed by atoms with Crippen molar-refractivity contribution < 1.29 is 9.90 Å². The first-order valence-electron chi connectivity index (χ1n) is 8.96. The number of aliphatic hydroxyl groups is 1. The Morgan fingerprint density at radius 3 is 2.75 bits per heavy atom. The van der Waals surface area contributed by atoms with E-state index in [1.54, 1.807) is 0 Å². The lowest BCUT2D eigenvalue weighted by molar-refractivity contribution is 0.128. The lowest BCUT2D eigenvalue weighted by Gasteiger charge is -2.37. The zero-order chi connectivity index (χ0) is 17.4. The lowest BCUT2D eigenvalue weighted by Crippen LogP contribution is -2.53. The van der Waals surface area contributed by atoms with E-state index in [0.717, 1.165) is 38.8 Å². The van der Waals surface area contributed by atoms with Crippen LogP contribution >= 0.6 is 0 Å². The van der Waals surface area contributed by atoms with Gasteiger partial charge in [-0.25, -0.2) is 4.79 Å². The largest absolute Gasteiger partial charge is 0.396 e. The van der Waals surface area contributed by atoms with E-state index in [1.165, 1.54) is 5.56 Å². The van der Waals surface area contributed by atoms with E-state index in [9.17, 15) is 9.90 Å². The van der Waals surface area contributed by atoms with Crippen LogP contribution in [0.3, 0.4) is 0 Å². The number of likely N-dealkylation sites (N-methyl/N-ethyl adjacent to an activating group) is 1. The molecule has 1 aromatic rings. The molecule has 2 amide bonds. The van der Waals surface area contributed by atoms with Crippen LogP contribution in [0.5, 0.6) is 0 Å². The molecule has 2 N–H and O–H groups in total. The maximum absolute atomic E-state index is 12.8. The number of nitrogens with one attached hydrogen (secondary N) is 1. The highest BCUT2D eigenvalue weighted by molar-refractivity contribution is 5.75. The average molecular weight is 333 g/mol. The molecule has 0 aromatic heterocycles. The number of aliphatic hydroxyl groups excluding tert-OH is 1. The van der Waals surface area contributed by atoms with Crippen LogP contribution in [0.15, 0.2) is 30.3 Å². The number of hydrogen-bond acceptors (Lipinski definition) is 3. The van der Waals surface area contributed by atoms with Crippen LogP contribution in [0.1, 0.15) is 31.2 Å². The molecular formula is C19H31N3O2. The number of carbonyl (C=O) groups is 1. The Bertz CT molecular complexity index is 491. The Morgan fingerprint density at radius 2 is 2.08 bits per heavy atom. The summed E-state index contributed by atoms with van der Waals surface area (Å²) in [7, 11) is 4.05. The van der Waals surface area contributed by atoms with Gasteiger partial charge >= 0.3 is 6.03 Å². The van der Waals surface area contributed by atoms with Crippen molar-refractivity contribution in [3.05, 3.63) is 35.9 Å². The van der Waals surface area contributed by atoms with Gasteiger partial charge in [0.1, 0.15) is 0 Å². The Kier molecular flexibility index (Phi) is 7.53. The standard InChI is InChI=1S/C19H31N3O2/c1-21(2)15-17(14-16-8-4-3-5-9-16)20-19(24)22-12-7-6-10-18(22)11-13-23/h3-5,8-9,17-18,23H,6-7,10-15H2,1-2H3,(H,20,24). The SMILES string of the molecule is CN(C)CC(Cc1ccccc1)NC(=O)N1CCCCC1CCO. The van der Waals surface area contributed by atoms with E-state index in [4.69, 9.17) is 0 Å². The average Bonchev–Trinajstić information content (AvgIpc) is 2.56. The number of carbonyl (C=O) groups excluding carboxylic acids is 1. The number of piperidine rings is 1. The number of nitrogens with zero attached hydrogens (tertiary/aromatic N) is 2. The maximum Gasteiger partial charge on any atom is 0.317 e. The molecule has 5 heteroatoms. The van der Waals surface area contributed by atoms with Gasteiger partial charge < -0.3 is 20.2 Å². The zero-order valence-electron chi connectivity index (χ0n) is 14.9. The van der Waals surface area contributed by atoms with Crippen molar-refractivity contribution in [2.24, 2.45) is 0 Å². The summed E-state index contributed by atoms with van der Waals surface area (Å²) < 4.78 is 0. The monoisotopic (exact) mass is 333 g/mol. The summed E-state index contributed by atoms with van der Waals surface area (Å²) >= 11 is 0. The molecule has 1 aliphatic rings. The molecule has 0 spiro atoms. The maximum atomic E-state index is 12.8. The summed E-state index contributed by atoms with van der Waals surface area (Å²) in [6.45, 7) is 1.73. The van der Waals surface area contributed by atoms with Crippen LogP contribution in [0.4, 0.5) is 4.79 Å². The number of rotatable bonds is 7. The van der Waals surface area contributed by atoms with Gasteiger partial charge in [-0.2, -0.15) is 0 Å². The van der Waals surface area contributed by atoms with Crippen LogP contribution in [0.25, 0.3) is 0 Å². The minimum Gasteiger partial charge on any atom is -0.396 e. The van der Waals surface area contributed by atoms with Gasteiger partial charge in [-0.05, 0) is 51.8 Å². The highest BCUT2D eigenvalue weighted by Crippen LogP contribution is 2.19. The highest BCUT2D eigenvalue weighted by Gasteiger charge is 2.27. The van der Waals surface area contributed by atoms with E-state index < -0.39 is 0 Å². The van der Waals surface area contributed by atoms with Gasteiger partial charge in [0, 0.05) is 31.8 Å². The first-order chi connectivity index (χ1) is 11.6. The summed E-state index contributed by atoms with van der Waals surface area (Å²) in [6.07, 6.45) is 4.67. The molecular weight excluding hydrogens is 302 g/mol. The van der Waals surface area contributed by atoms with Crippen LogP contribution in [0.2, 0.25) is 0 Å². The Morgan fingerprint density at radius 1 is 1.33 bits per heavy atom. The van der Waals surface area contributed by atoms with Crippen LogP contribution < -0.4 is 5.32 Å². The molecule has 0 aliphatic carbocycles. The van der Waals surface area contributed by atoms with Gasteiger partial charge in [0.15, 0.2) is 0 Å². The van der Waals surface area contributed by atoms with Gasteiger partial charge in [0.2, 0.25) is 0 Å². The van der Waals surface area contributed by atoms with E-state index in [1.807, 2.05) is 37.2 Å². The third kappa shape index (κ3) is 5.80. The number of likely N-dealkylation sites (tertiary alicyclic amines) is 1. The van der Waals surface area contributed by atoms with Crippen molar-refractivity contribution in [2.45, 2.75) is 44.2 Å². The van der Waals surface area contributed by atoms with Crippen molar-refractivity contribution in [1.29, 1.82) is 0 Å². The molecule has 1 saturated heterocycles. The van der Waals surface area contributed by atoms with Gasteiger partial charge in [0.25, 0.3) is 0 Å². The Balaban J connectivity index is 2.00. The topological polar surface area (TPSA) is 55.8 Å². The van der Waals surface area contributed by atoms with Crippen molar-refractivity contribution in [3.63, 3.8) is 0 Å². The van der Waals surface area contributed by atoms with Crippen molar-refractivity contribution >= 4 is 6.03 Å². The van der Waals surface area contributed by atoms with Gasteiger partial charge in [-0.1, -0.05) is 30.3 Å². The summed E-state index contributed by atoms with van der Waals surface area (Å²) in [6, 6.07) is 10.5. The molecule has 2 rings (SSSR count). The number of urea groups is 1. The summed E-state index contributed by atoms with van der Waals surface area (Å²) in [5, 5.41) is 12.5. The molecule has 134 valence electrons. The molecule has 1 aromatic carbocycles. The summed E-state index contributed by atoms with van der Waals surface area (Å²) in [5.74, 6) is 0. The van der Waals surface area contributed by atoms with Gasteiger partial charge in [0.05, 0.1) is 0 Å². The Labute approximate surface area is 145 Å². The van der Waals surface area contributed by atoms with E-state index in [2.05, 4.69) is 22.3 Å². The normalized spacial score (nSPS) is 19.3. The highest BCUT2D eigenvalue weighted by atomic mass is 16.3. The minimum atomic E-state index is 0.0101. The number of amides is 2. The van der Waals surface area contributed by atoms with E-state index >= 15 is 0 Å². The molecule has 5 nitrogen and oxygen atoms in total. The second-order valence-corrected chi connectivity index (χ2v) is 6.95. The van der Waals surface area contributed by atoms with Gasteiger partial charge in [-0.15, -0.1) is 0 Å². The summed E-state index contributed by atoms with van der Waals surface area (Å²) in [4.78, 5) is 16.8. The predicted molar refractivity (Wildman–Crippen MR) is 97.1 cm³/mol. The summed E-state index contributed by atoms with van der Waals surface area (Å²) in [5.41, 5.74) is 1.23. The fourth-order valence-electron chi connectivity index (χ4n) is 3.48. The molecule has 1 heterocycles. The van der Waals surface area contributed by atoms with Crippen molar-refractivity contribution in [2.75, 3.05) is 33.8 Å². The smallest absolute Gasteiger partial charge is 0.317 e. The fourth-order valence-corrected chi connectivity index (χ4v) is 3.48. The molecule has 0 radical (unpaired) electrons. The van der Waals surface area contributed by atoms with Crippen LogP contribution in [-0.2, 0) is 6.42 Å². The van der Waals surface area contributed by atoms with E-state index in [-0.39, 0.29) is 24.7 Å². The quantitative estimate of drug-likeness (QED) is 0.803. The second kappa shape index (κ2) is 9.64. The van der Waals surface area contributed by atoms with Crippen molar-refractivity contribution in [1.82, 2.24) is 15.1 Å². The Hall–Kier alpha value is -1.59. The molecule has 1 aliphatic heterocycles. The molecule has 24 heavy (non-hydrogen) atoms. The third-order valence-electron chi connectivity index (χ3n) is 4.59.